The second kappa shape index (κ2) is 6.82. The molecule has 0 atom stereocenters. The average Bonchev–Trinajstić information content (AvgIpc) is 2.55. The topological polar surface area (TPSA) is 23.6 Å². The van der Waals surface area contributed by atoms with Crippen molar-refractivity contribution in [2.75, 3.05) is 31.1 Å². The molecule has 120 valence electrons. The fourth-order valence-electron chi connectivity index (χ4n) is 3.01. The lowest BCUT2D eigenvalue weighted by atomic mass is 10.1. The number of piperazine rings is 1. The Morgan fingerprint density at radius 2 is 1.78 bits per heavy atom. The number of nitrogens with zero attached hydrogens (tertiary/aromatic N) is 2. The molecule has 0 spiro atoms. The first-order valence-electron chi connectivity index (χ1n) is 7.96. The smallest absolute Gasteiger partial charge is 0.227 e. The van der Waals surface area contributed by atoms with E-state index >= 15 is 0 Å². The molecule has 0 unspecified atom stereocenters. The molecular formula is C19H21FN2O. The van der Waals surface area contributed by atoms with Crippen molar-refractivity contribution in [3.05, 3.63) is 65.5 Å². The SMILES string of the molecule is Cc1cccc(CC(=O)N2CCN(c3ccccc3F)CC2)c1. The van der Waals surface area contributed by atoms with Crippen LogP contribution < -0.4 is 4.90 Å². The summed E-state index contributed by atoms with van der Waals surface area (Å²) in [7, 11) is 0. The molecule has 3 nitrogen and oxygen atoms in total. The van der Waals surface area contributed by atoms with Crippen LogP contribution in [-0.2, 0) is 11.2 Å². The molecule has 1 heterocycles. The number of hydrogen-bond acceptors (Lipinski definition) is 2. The molecule has 0 aliphatic carbocycles. The van der Waals surface area contributed by atoms with Crippen molar-refractivity contribution in [3.8, 4) is 0 Å². The Labute approximate surface area is 136 Å². The molecule has 4 heteroatoms. The number of amides is 1. The van der Waals surface area contributed by atoms with Gasteiger partial charge in [-0.05, 0) is 24.6 Å². The van der Waals surface area contributed by atoms with Crippen LogP contribution in [0, 0.1) is 12.7 Å². The minimum Gasteiger partial charge on any atom is -0.366 e. The third-order valence-electron chi connectivity index (χ3n) is 4.26. The maximum absolute atomic E-state index is 13.8. The van der Waals surface area contributed by atoms with Crippen molar-refractivity contribution in [1.82, 2.24) is 4.90 Å². The van der Waals surface area contributed by atoms with E-state index in [9.17, 15) is 9.18 Å². The molecule has 0 N–H and O–H groups in total. The van der Waals surface area contributed by atoms with E-state index in [2.05, 4.69) is 0 Å². The lowest BCUT2D eigenvalue weighted by molar-refractivity contribution is -0.130. The highest BCUT2D eigenvalue weighted by Gasteiger charge is 2.22. The molecule has 2 aromatic rings. The lowest BCUT2D eigenvalue weighted by Crippen LogP contribution is -2.49. The summed E-state index contributed by atoms with van der Waals surface area (Å²) in [6.45, 7) is 4.64. The van der Waals surface area contributed by atoms with Crippen molar-refractivity contribution >= 4 is 11.6 Å². The monoisotopic (exact) mass is 312 g/mol. The summed E-state index contributed by atoms with van der Waals surface area (Å²) in [5.74, 6) is -0.0594. The highest BCUT2D eigenvalue weighted by Crippen LogP contribution is 2.20. The number of halogens is 1. The van der Waals surface area contributed by atoms with Gasteiger partial charge in [0.25, 0.3) is 0 Å². The lowest BCUT2D eigenvalue weighted by Gasteiger charge is -2.36. The number of rotatable bonds is 3. The average molecular weight is 312 g/mol. The number of aryl methyl sites for hydroxylation is 1. The Balaban J connectivity index is 1.58. The zero-order valence-electron chi connectivity index (χ0n) is 13.3. The zero-order chi connectivity index (χ0) is 16.2. The fraction of sp³-hybridized carbons (Fsp3) is 0.316. The Morgan fingerprint density at radius 3 is 2.48 bits per heavy atom. The summed E-state index contributed by atoms with van der Waals surface area (Å²) < 4.78 is 13.8. The third kappa shape index (κ3) is 3.70. The van der Waals surface area contributed by atoms with Crippen LogP contribution in [-0.4, -0.2) is 37.0 Å². The molecule has 2 aromatic carbocycles. The maximum Gasteiger partial charge on any atom is 0.227 e. The van der Waals surface area contributed by atoms with Crippen molar-refractivity contribution < 1.29 is 9.18 Å². The van der Waals surface area contributed by atoms with E-state index in [1.165, 1.54) is 11.6 Å². The molecule has 0 saturated carbocycles. The van der Waals surface area contributed by atoms with Crippen molar-refractivity contribution in [2.45, 2.75) is 13.3 Å². The summed E-state index contributed by atoms with van der Waals surface area (Å²) in [5, 5.41) is 0. The maximum atomic E-state index is 13.8. The van der Waals surface area contributed by atoms with Gasteiger partial charge in [0.15, 0.2) is 0 Å². The first-order chi connectivity index (χ1) is 11.1. The summed E-state index contributed by atoms with van der Waals surface area (Å²) in [4.78, 5) is 16.3. The quantitative estimate of drug-likeness (QED) is 0.870. The van der Waals surface area contributed by atoms with Crippen LogP contribution in [0.3, 0.4) is 0 Å². The van der Waals surface area contributed by atoms with Crippen LogP contribution in [0.1, 0.15) is 11.1 Å². The van der Waals surface area contributed by atoms with Crippen LogP contribution in [0.4, 0.5) is 10.1 Å². The first-order valence-corrected chi connectivity index (χ1v) is 7.96. The number of carbonyl (C=O) groups excluding carboxylic acids is 1. The van der Waals surface area contributed by atoms with Gasteiger partial charge in [-0.3, -0.25) is 4.79 Å². The Morgan fingerprint density at radius 1 is 1.04 bits per heavy atom. The number of para-hydroxylation sites is 1. The van der Waals surface area contributed by atoms with Crippen LogP contribution in [0.5, 0.6) is 0 Å². The summed E-state index contributed by atoms with van der Waals surface area (Å²) in [6, 6.07) is 14.8. The van der Waals surface area contributed by atoms with Crippen LogP contribution >= 0.6 is 0 Å². The predicted octanol–water partition coefficient (Wildman–Crippen LogP) is 3.03. The summed E-state index contributed by atoms with van der Waals surface area (Å²) in [6.07, 6.45) is 0.432. The third-order valence-corrected chi connectivity index (χ3v) is 4.26. The van der Waals surface area contributed by atoms with Gasteiger partial charge in [0, 0.05) is 26.2 Å². The normalized spacial score (nSPS) is 14.9. The molecule has 1 fully saturated rings. The minimum atomic E-state index is -0.202. The molecule has 0 bridgehead atoms. The largest absolute Gasteiger partial charge is 0.366 e. The first kappa shape index (κ1) is 15.5. The molecule has 0 radical (unpaired) electrons. The van der Waals surface area contributed by atoms with Crippen LogP contribution in [0.25, 0.3) is 0 Å². The number of hydrogen-bond donors (Lipinski definition) is 0. The van der Waals surface area contributed by atoms with Crippen molar-refractivity contribution in [3.63, 3.8) is 0 Å². The van der Waals surface area contributed by atoms with E-state index in [0.717, 1.165) is 5.56 Å². The van der Waals surface area contributed by atoms with E-state index in [1.54, 1.807) is 12.1 Å². The Kier molecular flexibility index (Phi) is 4.60. The Hall–Kier alpha value is -2.36. The predicted molar refractivity (Wildman–Crippen MR) is 90.1 cm³/mol. The molecule has 3 rings (SSSR count). The summed E-state index contributed by atoms with van der Waals surface area (Å²) in [5.41, 5.74) is 2.84. The van der Waals surface area contributed by atoms with Gasteiger partial charge in [-0.15, -0.1) is 0 Å². The van der Waals surface area contributed by atoms with Gasteiger partial charge in [0.2, 0.25) is 5.91 Å². The van der Waals surface area contributed by atoms with E-state index in [-0.39, 0.29) is 11.7 Å². The second-order valence-corrected chi connectivity index (χ2v) is 5.99. The van der Waals surface area contributed by atoms with Crippen LogP contribution in [0.15, 0.2) is 48.5 Å². The molecular weight excluding hydrogens is 291 g/mol. The molecule has 0 aromatic heterocycles. The highest BCUT2D eigenvalue weighted by atomic mass is 19.1. The van der Waals surface area contributed by atoms with Gasteiger partial charge in [-0.2, -0.15) is 0 Å². The standard InChI is InChI=1S/C19H21FN2O/c1-15-5-4-6-16(13-15)14-19(23)22-11-9-21(10-12-22)18-8-3-2-7-17(18)20/h2-8,13H,9-12,14H2,1H3. The summed E-state index contributed by atoms with van der Waals surface area (Å²) >= 11 is 0. The molecule has 23 heavy (non-hydrogen) atoms. The fourth-order valence-corrected chi connectivity index (χ4v) is 3.01. The van der Waals surface area contributed by atoms with Gasteiger partial charge in [-0.1, -0.05) is 42.0 Å². The van der Waals surface area contributed by atoms with Crippen LogP contribution in [0.2, 0.25) is 0 Å². The molecule has 1 aliphatic rings. The molecule has 1 aliphatic heterocycles. The van der Waals surface area contributed by atoms with Gasteiger partial charge in [0.05, 0.1) is 12.1 Å². The number of anilines is 1. The van der Waals surface area contributed by atoms with Gasteiger partial charge in [0.1, 0.15) is 5.82 Å². The van der Waals surface area contributed by atoms with E-state index < -0.39 is 0 Å². The highest BCUT2D eigenvalue weighted by molar-refractivity contribution is 5.79. The van der Waals surface area contributed by atoms with Crippen molar-refractivity contribution in [2.24, 2.45) is 0 Å². The van der Waals surface area contributed by atoms with Crippen molar-refractivity contribution in [1.29, 1.82) is 0 Å². The van der Waals surface area contributed by atoms with Gasteiger partial charge >= 0.3 is 0 Å². The van der Waals surface area contributed by atoms with E-state index in [4.69, 9.17) is 0 Å². The second-order valence-electron chi connectivity index (χ2n) is 5.99. The van der Waals surface area contributed by atoms with Gasteiger partial charge < -0.3 is 9.80 Å². The van der Waals surface area contributed by atoms with E-state index in [0.29, 0.717) is 38.3 Å². The minimum absolute atomic E-state index is 0.142. The molecule has 1 saturated heterocycles. The Bertz CT molecular complexity index is 693. The van der Waals surface area contributed by atoms with E-state index in [1.807, 2.05) is 47.1 Å². The zero-order valence-corrected chi connectivity index (χ0v) is 13.3. The molecule has 1 amide bonds. The number of benzene rings is 2. The number of carbonyl (C=O) groups is 1. The van der Waals surface area contributed by atoms with Gasteiger partial charge in [-0.25, -0.2) is 4.39 Å².